The third-order valence-corrected chi connectivity index (χ3v) is 2.92. The van der Waals surface area contributed by atoms with Gasteiger partial charge in [0.2, 0.25) is 0 Å². The number of thiazole rings is 1. The molecule has 2 aromatic rings. The second-order valence-electron chi connectivity index (χ2n) is 3.25. The number of rotatable bonds is 4. The molecule has 88 valence electrons. The summed E-state index contributed by atoms with van der Waals surface area (Å²) in [5, 5.41) is 14.4. The van der Waals surface area contributed by atoms with Crippen molar-refractivity contribution < 1.29 is 14.3 Å². The fourth-order valence-corrected chi connectivity index (χ4v) is 1.96. The molecular weight excluding hydrogens is 243 g/mol. The molecule has 0 bridgehead atoms. The number of nitrogens with zero attached hydrogens (tertiary/aromatic N) is 1. The Labute approximate surface area is 101 Å². The largest absolute Gasteiger partial charge is 0.478 e. The van der Waals surface area contributed by atoms with Crippen molar-refractivity contribution >= 4 is 23.0 Å². The van der Waals surface area contributed by atoms with Crippen LogP contribution >= 0.6 is 11.3 Å². The number of halogens is 1. The van der Waals surface area contributed by atoms with Crippen LogP contribution in [0.3, 0.4) is 0 Å². The Morgan fingerprint density at radius 3 is 3.00 bits per heavy atom. The zero-order valence-corrected chi connectivity index (χ0v) is 9.50. The number of carbonyl (C=O) groups is 1. The van der Waals surface area contributed by atoms with Crippen LogP contribution in [0.4, 0.5) is 10.1 Å². The first kappa shape index (κ1) is 11.5. The SMILES string of the molecule is O=C(O)c1c(F)cccc1NCc1nccs1. The van der Waals surface area contributed by atoms with Crippen molar-refractivity contribution in [3.8, 4) is 0 Å². The molecule has 0 aliphatic carbocycles. The van der Waals surface area contributed by atoms with E-state index in [4.69, 9.17) is 5.11 Å². The van der Waals surface area contributed by atoms with Gasteiger partial charge in [0.15, 0.2) is 0 Å². The second kappa shape index (κ2) is 4.92. The molecule has 17 heavy (non-hydrogen) atoms. The predicted octanol–water partition coefficient (Wildman–Crippen LogP) is 2.59. The lowest BCUT2D eigenvalue weighted by Crippen LogP contribution is -2.08. The number of nitrogens with one attached hydrogen (secondary N) is 1. The number of carboxylic acid groups (broad SMARTS) is 1. The van der Waals surface area contributed by atoms with E-state index in [1.807, 2.05) is 5.38 Å². The molecule has 4 nitrogen and oxygen atoms in total. The van der Waals surface area contributed by atoms with Crippen molar-refractivity contribution in [1.82, 2.24) is 4.98 Å². The molecule has 0 aliphatic heterocycles. The fraction of sp³-hybridized carbons (Fsp3) is 0.0909. The molecule has 1 aromatic carbocycles. The van der Waals surface area contributed by atoms with Gasteiger partial charge in [0, 0.05) is 11.6 Å². The van der Waals surface area contributed by atoms with Crippen LogP contribution in [-0.4, -0.2) is 16.1 Å². The number of hydrogen-bond donors (Lipinski definition) is 2. The molecule has 0 unspecified atom stereocenters. The minimum atomic E-state index is -1.29. The molecule has 0 fully saturated rings. The number of benzene rings is 1. The van der Waals surface area contributed by atoms with Crippen LogP contribution in [0.2, 0.25) is 0 Å². The fourth-order valence-electron chi connectivity index (χ4n) is 1.40. The number of hydrogen-bond acceptors (Lipinski definition) is 4. The number of anilines is 1. The second-order valence-corrected chi connectivity index (χ2v) is 4.23. The highest BCUT2D eigenvalue weighted by Gasteiger charge is 2.15. The molecule has 0 saturated carbocycles. The van der Waals surface area contributed by atoms with Gasteiger partial charge < -0.3 is 10.4 Å². The van der Waals surface area contributed by atoms with E-state index in [9.17, 15) is 9.18 Å². The number of aromatic carboxylic acids is 1. The van der Waals surface area contributed by atoms with Crippen LogP contribution in [0.5, 0.6) is 0 Å². The summed E-state index contributed by atoms with van der Waals surface area (Å²) in [6, 6.07) is 4.12. The van der Waals surface area contributed by atoms with Gasteiger partial charge in [-0.1, -0.05) is 6.07 Å². The topological polar surface area (TPSA) is 62.2 Å². The van der Waals surface area contributed by atoms with Gasteiger partial charge in [-0.3, -0.25) is 0 Å². The highest BCUT2D eigenvalue weighted by molar-refractivity contribution is 7.09. The average Bonchev–Trinajstić information content (AvgIpc) is 2.78. The first-order chi connectivity index (χ1) is 8.18. The lowest BCUT2D eigenvalue weighted by atomic mass is 10.1. The molecule has 0 atom stereocenters. The van der Waals surface area contributed by atoms with E-state index in [0.717, 1.165) is 11.1 Å². The molecule has 2 N–H and O–H groups in total. The Morgan fingerprint density at radius 2 is 2.35 bits per heavy atom. The summed E-state index contributed by atoms with van der Waals surface area (Å²) in [5.41, 5.74) is -0.0863. The Kier molecular flexibility index (Phi) is 3.34. The van der Waals surface area contributed by atoms with Gasteiger partial charge in [0.1, 0.15) is 16.4 Å². The molecule has 2 rings (SSSR count). The number of carboxylic acids is 1. The van der Waals surface area contributed by atoms with Crippen molar-refractivity contribution in [3.05, 3.63) is 46.2 Å². The summed E-state index contributed by atoms with van der Waals surface area (Å²) in [4.78, 5) is 15.0. The van der Waals surface area contributed by atoms with Crippen molar-refractivity contribution in [1.29, 1.82) is 0 Å². The van der Waals surface area contributed by atoms with Crippen LogP contribution in [0.1, 0.15) is 15.4 Å². The lowest BCUT2D eigenvalue weighted by Gasteiger charge is -2.08. The molecule has 1 aromatic heterocycles. The summed E-state index contributed by atoms with van der Waals surface area (Å²) in [6.45, 7) is 0.376. The lowest BCUT2D eigenvalue weighted by molar-refractivity contribution is 0.0693. The van der Waals surface area contributed by atoms with Crippen molar-refractivity contribution in [3.63, 3.8) is 0 Å². The summed E-state index contributed by atoms with van der Waals surface area (Å²) in [7, 11) is 0. The van der Waals surface area contributed by atoms with E-state index in [2.05, 4.69) is 10.3 Å². The molecule has 6 heteroatoms. The normalized spacial score (nSPS) is 10.2. The van der Waals surface area contributed by atoms with Crippen molar-refractivity contribution in [2.75, 3.05) is 5.32 Å². The molecule has 1 heterocycles. The Bertz CT molecular complexity index is 528. The van der Waals surface area contributed by atoms with E-state index in [-0.39, 0.29) is 11.3 Å². The summed E-state index contributed by atoms with van der Waals surface area (Å²) in [6.07, 6.45) is 1.66. The standard InChI is InChI=1S/C11H9FN2O2S/c12-7-2-1-3-8(10(7)11(15)16)14-6-9-13-4-5-17-9/h1-5,14H,6H2,(H,15,16). The van der Waals surface area contributed by atoms with E-state index >= 15 is 0 Å². The summed E-state index contributed by atoms with van der Waals surface area (Å²) < 4.78 is 13.3. The monoisotopic (exact) mass is 252 g/mol. The van der Waals surface area contributed by atoms with Gasteiger partial charge in [0.05, 0.1) is 12.2 Å². The third-order valence-electron chi connectivity index (χ3n) is 2.14. The van der Waals surface area contributed by atoms with Crippen LogP contribution in [-0.2, 0) is 6.54 Å². The highest BCUT2D eigenvalue weighted by Crippen LogP contribution is 2.20. The molecular formula is C11H9FN2O2S. The first-order valence-electron chi connectivity index (χ1n) is 4.82. The highest BCUT2D eigenvalue weighted by atomic mass is 32.1. The average molecular weight is 252 g/mol. The molecule has 0 aliphatic rings. The molecule has 0 saturated heterocycles. The minimum Gasteiger partial charge on any atom is -0.478 e. The summed E-state index contributed by atoms with van der Waals surface area (Å²) >= 11 is 1.45. The molecule has 0 radical (unpaired) electrons. The Morgan fingerprint density at radius 1 is 1.53 bits per heavy atom. The van der Waals surface area contributed by atoms with Crippen LogP contribution in [0, 0.1) is 5.82 Å². The van der Waals surface area contributed by atoms with Crippen LogP contribution in [0.25, 0.3) is 0 Å². The minimum absolute atomic E-state index is 0.257. The maximum absolute atomic E-state index is 13.3. The van der Waals surface area contributed by atoms with E-state index in [1.165, 1.54) is 23.5 Å². The van der Waals surface area contributed by atoms with Gasteiger partial charge >= 0.3 is 5.97 Å². The van der Waals surface area contributed by atoms with Gasteiger partial charge in [-0.2, -0.15) is 0 Å². The number of aromatic nitrogens is 1. The Balaban J connectivity index is 2.21. The van der Waals surface area contributed by atoms with E-state index in [0.29, 0.717) is 6.54 Å². The summed E-state index contributed by atoms with van der Waals surface area (Å²) in [5.74, 6) is -2.04. The predicted molar refractivity (Wildman–Crippen MR) is 62.8 cm³/mol. The quantitative estimate of drug-likeness (QED) is 0.878. The first-order valence-corrected chi connectivity index (χ1v) is 5.70. The van der Waals surface area contributed by atoms with Crippen LogP contribution < -0.4 is 5.32 Å². The molecule has 0 amide bonds. The van der Waals surface area contributed by atoms with Gasteiger partial charge in [-0.25, -0.2) is 14.2 Å². The van der Waals surface area contributed by atoms with Gasteiger partial charge in [-0.05, 0) is 12.1 Å². The maximum Gasteiger partial charge on any atom is 0.340 e. The van der Waals surface area contributed by atoms with Gasteiger partial charge in [0.25, 0.3) is 0 Å². The van der Waals surface area contributed by atoms with Crippen molar-refractivity contribution in [2.45, 2.75) is 6.54 Å². The maximum atomic E-state index is 13.3. The van der Waals surface area contributed by atoms with E-state index < -0.39 is 11.8 Å². The molecule has 0 spiro atoms. The Hall–Kier alpha value is -1.95. The van der Waals surface area contributed by atoms with Gasteiger partial charge in [-0.15, -0.1) is 11.3 Å². The zero-order valence-electron chi connectivity index (χ0n) is 8.68. The van der Waals surface area contributed by atoms with Crippen LogP contribution in [0.15, 0.2) is 29.8 Å². The van der Waals surface area contributed by atoms with Crippen molar-refractivity contribution in [2.24, 2.45) is 0 Å². The van der Waals surface area contributed by atoms with E-state index in [1.54, 1.807) is 6.20 Å². The smallest absolute Gasteiger partial charge is 0.340 e. The zero-order chi connectivity index (χ0) is 12.3. The third kappa shape index (κ3) is 2.59.